The van der Waals surface area contributed by atoms with Crippen LogP contribution in [-0.4, -0.2) is 34.2 Å². The molecule has 122 valence electrons. The summed E-state index contributed by atoms with van der Waals surface area (Å²) in [4.78, 5) is 28.8. The molecule has 2 heterocycles. The molecule has 0 spiro atoms. The number of hydrogen-bond donors (Lipinski definition) is 0. The average Bonchev–Trinajstić information content (AvgIpc) is 2.60. The van der Waals surface area contributed by atoms with Gasteiger partial charge in [0.1, 0.15) is 12.6 Å². The molecule has 5 heteroatoms. The summed E-state index contributed by atoms with van der Waals surface area (Å²) in [5.41, 5.74) is 3.28. The number of amides is 2. The fourth-order valence-electron chi connectivity index (χ4n) is 3.49. The second kappa shape index (κ2) is 5.95. The van der Waals surface area contributed by atoms with Crippen LogP contribution in [-0.2, 0) is 29.1 Å². The van der Waals surface area contributed by atoms with Gasteiger partial charge in [-0.2, -0.15) is 0 Å². The smallest absolute Gasteiger partial charge is 0.246 e. The highest BCUT2D eigenvalue weighted by molar-refractivity contribution is 6.30. The van der Waals surface area contributed by atoms with Gasteiger partial charge in [0.25, 0.3) is 0 Å². The van der Waals surface area contributed by atoms with Crippen molar-refractivity contribution in [1.82, 2.24) is 9.80 Å². The van der Waals surface area contributed by atoms with E-state index < -0.39 is 0 Å². The van der Waals surface area contributed by atoms with Crippen LogP contribution < -0.4 is 0 Å². The topological polar surface area (TPSA) is 40.6 Å². The first kappa shape index (κ1) is 15.2. The van der Waals surface area contributed by atoms with Crippen LogP contribution >= 0.6 is 11.6 Å². The van der Waals surface area contributed by atoms with Gasteiger partial charge in [-0.25, -0.2) is 0 Å². The quantitative estimate of drug-likeness (QED) is 0.843. The molecule has 24 heavy (non-hydrogen) atoms. The van der Waals surface area contributed by atoms with Gasteiger partial charge in [-0.15, -0.1) is 0 Å². The lowest BCUT2D eigenvalue weighted by Gasteiger charge is -2.43. The van der Waals surface area contributed by atoms with Gasteiger partial charge in [-0.1, -0.05) is 48.0 Å². The first-order chi connectivity index (χ1) is 11.6. The van der Waals surface area contributed by atoms with Crippen LogP contribution in [0.3, 0.4) is 0 Å². The van der Waals surface area contributed by atoms with E-state index in [0.29, 0.717) is 24.5 Å². The Balaban J connectivity index is 1.57. The Bertz CT molecular complexity index is 803. The molecule has 4 nitrogen and oxygen atoms in total. The van der Waals surface area contributed by atoms with Gasteiger partial charge in [-0.3, -0.25) is 9.59 Å². The number of carbonyl (C=O) groups excluding carboxylic acids is 2. The molecule has 0 N–H and O–H groups in total. The lowest BCUT2D eigenvalue weighted by molar-refractivity contribution is -0.157. The molecule has 2 aliphatic rings. The summed E-state index contributed by atoms with van der Waals surface area (Å²) in [6.07, 6.45) is 0.595. The Morgan fingerprint density at radius 1 is 0.958 bits per heavy atom. The third kappa shape index (κ3) is 2.67. The Labute approximate surface area is 145 Å². The van der Waals surface area contributed by atoms with E-state index in [1.807, 2.05) is 36.4 Å². The molecule has 0 aliphatic carbocycles. The maximum absolute atomic E-state index is 12.9. The number of carbonyl (C=O) groups is 2. The minimum atomic E-state index is -0.381. The van der Waals surface area contributed by atoms with Crippen molar-refractivity contribution >= 4 is 23.4 Å². The van der Waals surface area contributed by atoms with Gasteiger partial charge in [0, 0.05) is 24.5 Å². The van der Waals surface area contributed by atoms with Crippen LogP contribution in [0.15, 0.2) is 48.5 Å². The van der Waals surface area contributed by atoms with Crippen LogP contribution in [0.1, 0.15) is 16.7 Å². The maximum Gasteiger partial charge on any atom is 0.246 e. The molecule has 4 rings (SSSR count). The molecule has 1 atom stereocenters. The van der Waals surface area contributed by atoms with Crippen LogP contribution in [0.2, 0.25) is 5.02 Å². The highest BCUT2D eigenvalue weighted by Gasteiger charge is 2.41. The van der Waals surface area contributed by atoms with Crippen LogP contribution in [0.25, 0.3) is 0 Å². The summed E-state index contributed by atoms with van der Waals surface area (Å²) in [7, 11) is 0. The number of rotatable bonds is 2. The Kier molecular flexibility index (Phi) is 3.77. The molecule has 0 saturated carbocycles. The average molecular weight is 341 g/mol. The maximum atomic E-state index is 12.9. The zero-order valence-electron chi connectivity index (χ0n) is 13.1. The van der Waals surface area contributed by atoms with Crippen molar-refractivity contribution in [3.05, 3.63) is 70.2 Å². The van der Waals surface area contributed by atoms with Crippen molar-refractivity contribution in [2.24, 2.45) is 0 Å². The van der Waals surface area contributed by atoms with E-state index >= 15 is 0 Å². The lowest BCUT2D eigenvalue weighted by Crippen LogP contribution is -2.61. The normalized spacial score (nSPS) is 20.0. The summed E-state index contributed by atoms with van der Waals surface area (Å²) < 4.78 is 0. The number of piperazine rings is 1. The molecule has 2 amide bonds. The van der Waals surface area contributed by atoms with E-state index in [0.717, 1.165) is 16.7 Å². The summed E-state index contributed by atoms with van der Waals surface area (Å²) in [5, 5.41) is 0.662. The zero-order chi connectivity index (χ0) is 16.7. The van der Waals surface area contributed by atoms with Crippen molar-refractivity contribution in [3.8, 4) is 0 Å². The number of halogens is 1. The molecule has 0 radical (unpaired) electrons. The molecule has 0 bridgehead atoms. The minimum absolute atomic E-state index is 0.0167. The molecular weight excluding hydrogens is 324 g/mol. The van der Waals surface area contributed by atoms with E-state index in [-0.39, 0.29) is 24.4 Å². The zero-order valence-corrected chi connectivity index (χ0v) is 13.9. The van der Waals surface area contributed by atoms with Crippen LogP contribution in [0.4, 0.5) is 0 Å². The molecule has 1 saturated heterocycles. The predicted octanol–water partition coefficient (Wildman–Crippen LogP) is 2.64. The van der Waals surface area contributed by atoms with Crippen molar-refractivity contribution in [3.63, 3.8) is 0 Å². The Morgan fingerprint density at radius 2 is 1.67 bits per heavy atom. The van der Waals surface area contributed by atoms with E-state index in [9.17, 15) is 9.59 Å². The number of benzene rings is 2. The minimum Gasteiger partial charge on any atom is -0.327 e. The largest absolute Gasteiger partial charge is 0.327 e. The fraction of sp³-hybridized carbons (Fsp3) is 0.263. The second-order valence-electron chi connectivity index (χ2n) is 6.33. The fourth-order valence-corrected chi connectivity index (χ4v) is 3.62. The van der Waals surface area contributed by atoms with Gasteiger partial charge < -0.3 is 9.80 Å². The van der Waals surface area contributed by atoms with Crippen LogP contribution in [0, 0.1) is 0 Å². The first-order valence-corrected chi connectivity index (χ1v) is 8.39. The Morgan fingerprint density at radius 3 is 2.42 bits per heavy atom. The van der Waals surface area contributed by atoms with Crippen molar-refractivity contribution in [2.75, 3.05) is 6.54 Å². The summed E-state index contributed by atoms with van der Waals surface area (Å²) >= 11 is 5.90. The third-order valence-corrected chi connectivity index (χ3v) is 5.03. The number of fused-ring (bicyclic) bond motifs is 2. The lowest BCUT2D eigenvalue weighted by atomic mass is 9.91. The van der Waals surface area contributed by atoms with E-state index in [1.165, 1.54) is 0 Å². The van der Waals surface area contributed by atoms with Gasteiger partial charge in [0.05, 0.1) is 0 Å². The standard InChI is InChI=1S/C19H17ClN2O2/c20-16-7-5-13(6-8-16)10-21-12-18(23)22-11-15-4-2-1-3-14(15)9-17(22)19(21)24/h1-8,17H,9-12H2/t17-/m0/s1. The highest BCUT2D eigenvalue weighted by Crippen LogP contribution is 2.28. The highest BCUT2D eigenvalue weighted by atomic mass is 35.5. The van der Waals surface area contributed by atoms with E-state index in [1.54, 1.807) is 21.9 Å². The molecule has 0 aromatic heterocycles. The monoisotopic (exact) mass is 340 g/mol. The van der Waals surface area contributed by atoms with Gasteiger partial charge in [0.2, 0.25) is 11.8 Å². The van der Waals surface area contributed by atoms with Crippen molar-refractivity contribution < 1.29 is 9.59 Å². The summed E-state index contributed by atoms with van der Waals surface area (Å²) in [6, 6.07) is 15.0. The third-order valence-electron chi connectivity index (χ3n) is 4.78. The van der Waals surface area contributed by atoms with Gasteiger partial charge in [0.15, 0.2) is 0 Å². The van der Waals surface area contributed by atoms with Gasteiger partial charge >= 0.3 is 0 Å². The molecule has 2 aromatic carbocycles. The molecule has 1 fully saturated rings. The van der Waals surface area contributed by atoms with E-state index in [4.69, 9.17) is 11.6 Å². The first-order valence-electron chi connectivity index (χ1n) is 8.01. The Hall–Kier alpha value is -2.33. The number of hydrogen-bond acceptors (Lipinski definition) is 2. The molecule has 0 unspecified atom stereocenters. The summed E-state index contributed by atoms with van der Waals surface area (Å²) in [5.74, 6) is 0.0436. The predicted molar refractivity (Wildman–Crippen MR) is 91.4 cm³/mol. The molecule has 2 aromatic rings. The number of nitrogens with zero attached hydrogens (tertiary/aromatic N) is 2. The van der Waals surface area contributed by atoms with Gasteiger partial charge in [-0.05, 0) is 28.8 Å². The van der Waals surface area contributed by atoms with Crippen molar-refractivity contribution in [2.45, 2.75) is 25.6 Å². The van der Waals surface area contributed by atoms with Crippen LogP contribution in [0.5, 0.6) is 0 Å². The van der Waals surface area contributed by atoms with Crippen molar-refractivity contribution in [1.29, 1.82) is 0 Å². The molecule has 2 aliphatic heterocycles. The molecular formula is C19H17ClN2O2. The second-order valence-corrected chi connectivity index (χ2v) is 6.77. The SMILES string of the molecule is O=C1[C@@H]2Cc3ccccc3CN2C(=O)CN1Cc1ccc(Cl)cc1. The van der Waals surface area contributed by atoms with E-state index in [2.05, 4.69) is 0 Å². The summed E-state index contributed by atoms with van der Waals surface area (Å²) in [6.45, 7) is 1.11.